The summed E-state index contributed by atoms with van der Waals surface area (Å²) < 4.78 is 11.3. The Morgan fingerprint density at radius 3 is 2.44 bits per heavy atom. The van der Waals surface area contributed by atoms with E-state index in [-0.39, 0.29) is 12.1 Å². The van der Waals surface area contributed by atoms with Gasteiger partial charge in [0.25, 0.3) is 0 Å². The lowest BCUT2D eigenvalue weighted by Gasteiger charge is -2.27. The molecule has 0 aliphatic heterocycles. The van der Waals surface area contributed by atoms with Crippen molar-refractivity contribution in [2.75, 3.05) is 47.9 Å². The van der Waals surface area contributed by atoms with Crippen molar-refractivity contribution in [2.45, 2.75) is 39.3 Å². The predicted octanol–water partition coefficient (Wildman–Crippen LogP) is 2.91. The van der Waals surface area contributed by atoms with E-state index >= 15 is 0 Å². The molecule has 1 rings (SSSR count). The number of benzene rings is 1. The first kappa shape index (κ1) is 23.2. The zero-order valence-electron chi connectivity index (χ0n) is 18.1. The molecule has 154 valence electrons. The summed E-state index contributed by atoms with van der Waals surface area (Å²) in [5.74, 6) is 2.21. The quantitative estimate of drug-likeness (QED) is 0.458. The fourth-order valence-electron chi connectivity index (χ4n) is 3.08. The number of guanidine groups is 1. The minimum absolute atomic E-state index is 0.173. The smallest absolute Gasteiger partial charge is 0.191 e. The summed E-state index contributed by atoms with van der Waals surface area (Å²) in [7, 11) is 7.66. The van der Waals surface area contributed by atoms with E-state index in [2.05, 4.69) is 54.5 Å². The Hall–Kier alpha value is -1.79. The van der Waals surface area contributed by atoms with Gasteiger partial charge in [0.05, 0.1) is 19.3 Å². The zero-order valence-corrected chi connectivity index (χ0v) is 18.1. The fraction of sp³-hybridized carbons (Fsp3) is 0.667. The van der Waals surface area contributed by atoms with E-state index in [0.717, 1.165) is 43.4 Å². The number of nitrogens with one attached hydrogen (secondary N) is 2. The Kier molecular flexibility index (Phi) is 10.8. The summed E-state index contributed by atoms with van der Waals surface area (Å²) in [6.07, 6.45) is 1.22. The van der Waals surface area contributed by atoms with Crippen LogP contribution in [0.25, 0.3) is 0 Å². The van der Waals surface area contributed by atoms with E-state index in [0.29, 0.717) is 5.92 Å². The highest BCUT2D eigenvalue weighted by atomic mass is 16.5. The van der Waals surface area contributed by atoms with Crippen molar-refractivity contribution in [3.8, 4) is 5.75 Å². The molecule has 1 aromatic rings. The second-order valence-corrected chi connectivity index (χ2v) is 7.13. The molecule has 27 heavy (non-hydrogen) atoms. The molecule has 0 aliphatic rings. The Bertz CT molecular complexity index is 561. The topological polar surface area (TPSA) is 58.1 Å². The van der Waals surface area contributed by atoms with E-state index in [1.165, 1.54) is 0 Å². The van der Waals surface area contributed by atoms with E-state index in [1.807, 2.05) is 25.1 Å². The molecule has 6 heteroatoms. The molecule has 0 saturated carbocycles. The van der Waals surface area contributed by atoms with Crippen LogP contribution in [0.15, 0.2) is 29.3 Å². The standard InChI is InChI=1S/C21H38N4O2/c1-8-27-19(16(2)3)13-14-23-21(22-4)24-15-18(25(5)6)17-11-9-10-12-20(17)26-7/h9-12,16,18-19H,8,13-15H2,1-7H3,(H2,22,23,24). The van der Waals surface area contributed by atoms with Crippen molar-refractivity contribution in [2.24, 2.45) is 10.9 Å². The van der Waals surface area contributed by atoms with Crippen LogP contribution in [0.4, 0.5) is 0 Å². The van der Waals surface area contributed by atoms with Gasteiger partial charge in [0, 0.05) is 32.3 Å². The van der Waals surface area contributed by atoms with Gasteiger partial charge in [-0.1, -0.05) is 32.0 Å². The summed E-state index contributed by atoms with van der Waals surface area (Å²) >= 11 is 0. The van der Waals surface area contributed by atoms with Gasteiger partial charge < -0.3 is 25.0 Å². The number of likely N-dealkylation sites (N-methyl/N-ethyl adjacent to an activating group) is 1. The second kappa shape index (κ2) is 12.6. The number of rotatable bonds is 11. The van der Waals surface area contributed by atoms with Crippen molar-refractivity contribution in [3.05, 3.63) is 29.8 Å². The van der Waals surface area contributed by atoms with E-state index in [9.17, 15) is 0 Å². The number of ether oxygens (including phenoxy) is 2. The molecule has 2 N–H and O–H groups in total. The van der Waals surface area contributed by atoms with Crippen LogP contribution < -0.4 is 15.4 Å². The Morgan fingerprint density at radius 2 is 1.89 bits per heavy atom. The fourth-order valence-corrected chi connectivity index (χ4v) is 3.08. The van der Waals surface area contributed by atoms with Crippen LogP contribution in [-0.4, -0.2) is 64.9 Å². The zero-order chi connectivity index (χ0) is 20.2. The van der Waals surface area contributed by atoms with Crippen molar-refractivity contribution in [1.29, 1.82) is 0 Å². The molecule has 0 amide bonds. The molecule has 0 spiro atoms. The molecule has 0 bridgehead atoms. The van der Waals surface area contributed by atoms with Gasteiger partial charge in [-0.05, 0) is 39.4 Å². The molecular formula is C21H38N4O2. The minimum Gasteiger partial charge on any atom is -0.496 e. The number of hydrogen-bond acceptors (Lipinski definition) is 4. The van der Waals surface area contributed by atoms with Gasteiger partial charge in [-0.25, -0.2) is 0 Å². The first-order valence-corrected chi connectivity index (χ1v) is 9.79. The van der Waals surface area contributed by atoms with Gasteiger partial charge >= 0.3 is 0 Å². The minimum atomic E-state index is 0.173. The molecule has 6 nitrogen and oxygen atoms in total. The molecule has 2 unspecified atom stereocenters. The summed E-state index contributed by atoms with van der Waals surface area (Å²) in [6, 6.07) is 8.31. The molecule has 0 heterocycles. The van der Waals surface area contributed by atoms with Gasteiger partial charge in [-0.2, -0.15) is 0 Å². The van der Waals surface area contributed by atoms with E-state index in [4.69, 9.17) is 9.47 Å². The summed E-state index contributed by atoms with van der Waals surface area (Å²) in [6.45, 7) is 8.74. The maximum Gasteiger partial charge on any atom is 0.191 e. The maximum absolute atomic E-state index is 5.81. The molecular weight excluding hydrogens is 340 g/mol. The average Bonchev–Trinajstić information content (AvgIpc) is 2.65. The van der Waals surface area contributed by atoms with Crippen molar-refractivity contribution in [1.82, 2.24) is 15.5 Å². The third-order valence-corrected chi connectivity index (χ3v) is 4.65. The SMILES string of the molecule is CCOC(CCNC(=NC)NCC(c1ccccc1OC)N(C)C)C(C)C. The summed E-state index contributed by atoms with van der Waals surface area (Å²) in [5.41, 5.74) is 1.16. The van der Waals surface area contributed by atoms with Crippen LogP contribution in [0.5, 0.6) is 5.75 Å². The second-order valence-electron chi connectivity index (χ2n) is 7.13. The van der Waals surface area contributed by atoms with Crippen molar-refractivity contribution < 1.29 is 9.47 Å². The third kappa shape index (κ3) is 7.77. The lowest BCUT2D eigenvalue weighted by molar-refractivity contribution is 0.0258. The lowest BCUT2D eigenvalue weighted by Crippen LogP contribution is -2.42. The van der Waals surface area contributed by atoms with Crippen LogP contribution in [0.2, 0.25) is 0 Å². The first-order valence-electron chi connectivity index (χ1n) is 9.79. The third-order valence-electron chi connectivity index (χ3n) is 4.65. The van der Waals surface area contributed by atoms with Crippen LogP contribution in [0.3, 0.4) is 0 Å². The molecule has 0 fully saturated rings. The number of para-hydroxylation sites is 1. The molecule has 2 atom stereocenters. The monoisotopic (exact) mass is 378 g/mol. The van der Waals surface area contributed by atoms with Gasteiger partial charge in [-0.15, -0.1) is 0 Å². The Labute approximate surface area is 165 Å². The highest BCUT2D eigenvalue weighted by Gasteiger charge is 2.19. The van der Waals surface area contributed by atoms with Gasteiger partial charge in [0.1, 0.15) is 5.75 Å². The number of methoxy groups -OCH3 is 1. The van der Waals surface area contributed by atoms with E-state index < -0.39 is 0 Å². The highest BCUT2D eigenvalue weighted by molar-refractivity contribution is 5.79. The summed E-state index contributed by atoms with van der Waals surface area (Å²) in [4.78, 5) is 6.53. The predicted molar refractivity (Wildman–Crippen MR) is 114 cm³/mol. The van der Waals surface area contributed by atoms with E-state index in [1.54, 1.807) is 14.2 Å². The van der Waals surface area contributed by atoms with Crippen LogP contribution in [0, 0.1) is 5.92 Å². The van der Waals surface area contributed by atoms with Gasteiger partial charge in [-0.3, -0.25) is 4.99 Å². The van der Waals surface area contributed by atoms with Gasteiger partial charge in [0.15, 0.2) is 5.96 Å². The largest absolute Gasteiger partial charge is 0.496 e. The summed E-state index contributed by atoms with van der Waals surface area (Å²) in [5, 5.41) is 6.83. The van der Waals surface area contributed by atoms with Crippen LogP contribution in [-0.2, 0) is 4.74 Å². The molecule has 0 saturated heterocycles. The normalized spacial score (nSPS) is 14.3. The molecule has 1 aromatic carbocycles. The van der Waals surface area contributed by atoms with Crippen molar-refractivity contribution in [3.63, 3.8) is 0 Å². The highest BCUT2D eigenvalue weighted by Crippen LogP contribution is 2.27. The molecule has 0 aromatic heterocycles. The molecule has 0 radical (unpaired) electrons. The number of nitrogens with zero attached hydrogens (tertiary/aromatic N) is 2. The average molecular weight is 379 g/mol. The Morgan fingerprint density at radius 1 is 1.19 bits per heavy atom. The molecule has 0 aliphatic carbocycles. The van der Waals surface area contributed by atoms with Crippen LogP contribution >= 0.6 is 0 Å². The first-order chi connectivity index (χ1) is 12.9. The number of aliphatic imine (C=N–C) groups is 1. The number of hydrogen-bond donors (Lipinski definition) is 2. The Balaban J connectivity index is 2.63. The van der Waals surface area contributed by atoms with Crippen molar-refractivity contribution >= 4 is 5.96 Å². The van der Waals surface area contributed by atoms with Gasteiger partial charge in [0.2, 0.25) is 0 Å². The lowest BCUT2D eigenvalue weighted by atomic mass is 10.0. The van der Waals surface area contributed by atoms with Crippen LogP contribution in [0.1, 0.15) is 38.8 Å². The maximum atomic E-state index is 5.81.